The van der Waals surface area contributed by atoms with Gasteiger partial charge in [-0.15, -0.1) is 0 Å². The Morgan fingerprint density at radius 2 is 1.85 bits per heavy atom. The summed E-state index contributed by atoms with van der Waals surface area (Å²) in [5.41, 5.74) is 2.26. The molecule has 0 fully saturated rings. The first-order chi connectivity index (χ1) is 9.38. The molecule has 1 amide bonds. The lowest BCUT2D eigenvalue weighted by molar-refractivity contribution is 0.102. The van der Waals surface area contributed by atoms with Crippen LogP contribution in [0.15, 0.2) is 36.5 Å². The van der Waals surface area contributed by atoms with Crippen LogP contribution in [0.2, 0.25) is 0 Å². The van der Waals surface area contributed by atoms with Crippen LogP contribution >= 0.6 is 0 Å². The zero-order valence-electron chi connectivity index (χ0n) is 12.3. The molecule has 0 atom stereocenters. The van der Waals surface area contributed by atoms with Crippen LogP contribution in [0.3, 0.4) is 0 Å². The summed E-state index contributed by atoms with van der Waals surface area (Å²) in [4.78, 5) is 20.4. The highest BCUT2D eigenvalue weighted by molar-refractivity contribution is 6.03. The molecule has 0 aliphatic rings. The molecular weight excluding hydrogens is 250 g/mol. The van der Waals surface area contributed by atoms with Gasteiger partial charge in [-0.05, 0) is 30.0 Å². The number of hydrogen-bond acceptors (Lipinski definition) is 3. The van der Waals surface area contributed by atoms with Crippen molar-refractivity contribution < 1.29 is 4.79 Å². The van der Waals surface area contributed by atoms with E-state index in [-0.39, 0.29) is 11.3 Å². The van der Waals surface area contributed by atoms with Crippen LogP contribution in [-0.4, -0.2) is 15.9 Å². The van der Waals surface area contributed by atoms with Crippen LogP contribution in [0.1, 0.15) is 42.6 Å². The van der Waals surface area contributed by atoms with E-state index >= 15 is 0 Å². The number of amides is 1. The van der Waals surface area contributed by atoms with Crippen LogP contribution in [-0.2, 0) is 5.41 Å². The number of aryl methyl sites for hydroxylation is 1. The normalized spacial score (nSPS) is 11.2. The lowest BCUT2D eigenvalue weighted by atomic mass is 9.86. The number of para-hydroxylation sites is 1. The lowest BCUT2D eigenvalue weighted by Gasteiger charge is -2.22. The number of hydrogen-bond donors (Lipinski definition) is 1. The van der Waals surface area contributed by atoms with Crippen molar-refractivity contribution in [2.45, 2.75) is 33.1 Å². The fraction of sp³-hybridized carbons (Fsp3) is 0.312. The molecule has 0 bridgehead atoms. The van der Waals surface area contributed by atoms with Crippen LogP contribution in [0.5, 0.6) is 0 Å². The van der Waals surface area contributed by atoms with Crippen molar-refractivity contribution in [2.75, 3.05) is 5.32 Å². The Morgan fingerprint density at radius 3 is 2.50 bits per heavy atom. The molecule has 20 heavy (non-hydrogen) atoms. The summed E-state index contributed by atoms with van der Waals surface area (Å²) in [6.45, 7) is 8.12. The van der Waals surface area contributed by atoms with Crippen molar-refractivity contribution in [1.82, 2.24) is 9.97 Å². The molecule has 1 aromatic heterocycles. The molecule has 0 saturated carbocycles. The van der Waals surface area contributed by atoms with Crippen LogP contribution in [0.25, 0.3) is 0 Å². The molecule has 0 spiro atoms. The topological polar surface area (TPSA) is 54.9 Å². The van der Waals surface area contributed by atoms with E-state index in [0.717, 1.165) is 11.3 Å². The molecule has 4 heteroatoms. The van der Waals surface area contributed by atoms with Crippen molar-refractivity contribution in [3.63, 3.8) is 0 Å². The standard InChI is InChI=1S/C16H19N3O/c1-11-17-10-9-14(18-11)15(20)19-13-8-6-5-7-12(13)16(2,3)4/h5-10H,1-4H3,(H,19,20). The molecule has 1 aromatic carbocycles. The van der Waals surface area contributed by atoms with Gasteiger partial charge >= 0.3 is 0 Å². The average molecular weight is 269 g/mol. The van der Waals surface area contributed by atoms with Gasteiger partial charge < -0.3 is 5.32 Å². The number of nitrogens with zero attached hydrogens (tertiary/aromatic N) is 2. The number of rotatable bonds is 2. The van der Waals surface area contributed by atoms with Gasteiger partial charge in [-0.2, -0.15) is 0 Å². The average Bonchev–Trinajstić information content (AvgIpc) is 2.38. The maximum Gasteiger partial charge on any atom is 0.274 e. The van der Waals surface area contributed by atoms with E-state index in [2.05, 4.69) is 36.1 Å². The molecule has 4 nitrogen and oxygen atoms in total. The first-order valence-corrected chi connectivity index (χ1v) is 6.58. The van der Waals surface area contributed by atoms with Crippen LogP contribution in [0.4, 0.5) is 5.69 Å². The van der Waals surface area contributed by atoms with Gasteiger partial charge in [0, 0.05) is 11.9 Å². The molecule has 104 valence electrons. The lowest BCUT2D eigenvalue weighted by Crippen LogP contribution is -2.19. The number of carbonyl (C=O) groups excluding carboxylic acids is 1. The van der Waals surface area contributed by atoms with E-state index in [9.17, 15) is 4.79 Å². The Labute approximate surface area is 119 Å². The smallest absolute Gasteiger partial charge is 0.274 e. The zero-order valence-corrected chi connectivity index (χ0v) is 12.3. The molecule has 2 rings (SSSR count). The minimum atomic E-state index is -0.216. The van der Waals surface area contributed by atoms with Crippen molar-refractivity contribution >= 4 is 11.6 Å². The molecule has 0 unspecified atom stereocenters. The molecule has 1 heterocycles. The van der Waals surface area contributed by atoms with Gasteiger partial charge in [0.2, 0.25) is 0 Å². The summed E-state index contributed by atoms with van der Waals surface area (Å²) in [5, 5.41) is 2.93. The van der Waals surface area contributed by atoms with Crippen molar-refractivity contribution in [2.24, 2.45) is 0 Å². The van der Waals surface area contributed by atoms with E-state index in [4.69, 9.17) is 0 Å². The molecule has 1 N–H and O–H groups in total. The Balaban J connectivity index is 2.29. The second-order valence-corrected chi connectivity index (χ2v) is 5.74. The summed E-state index contributed by atoms with van der Waals surface area (Å²) >= 11 is 0. The van der Waals surface area contributed by atoms with Crippen LogP contribution in [0, 0.1) is 6.92 Å². The maximum absolute atomic E-state index is 12.2. The van der Waals surface area contributed by atoms with E-state index in [1.54, 1.807) is 19.2 Å². The SMILES string of the molecule is Cc1nccc(C(=O)Nc2ccccc2C(C)(C)C)n1. The van der Waals surface area contributed by atoms with Gasteiger partial charge in [-0.25, -0.2) is 9.97 Å². The van der Waals surface area contributed by atoms with Gasteiger partial charge in [-0.1, -0.05) is 39.0 Å². The molecule has 0 aliphatic heterocycles. The van der Waals surface area contributed by atoms with Gasteiger partial charge in [0.1, 0.15) is 11.5 Å². The first-order valence-electron chi connectivity index (χ1n) is 6.58. The summed E-state index contributed by atoms with van der Waals surface area (Å²) in [6.07, 6.45) is 1.59. The van der Waals surface area contributed by atoms with Gasteiger partial charge in [0.15, 0.2) is 0 Å². The Bertz CT molecular complexity index is 630. The van der Waals surface area contributed by atoms with Gasteiger partial charge in [0.05, 0.1) is 0 Å². The van der Waals surface area contributed by atoms with E-state index in [1.165, 1.54) is 0 Å². The fourth-order valence-electron chi connectivity index (χ4n) is 2.02. The molecule has 0 aliphatic carbocycles. The predicted molar refractivity (Wildman–Crippen MR) is 79.9 cm³/mol. The Kier molecular flexibility index (Phi) is 3.84. The van der Waals surface area contributed by atoms with Crippen LogP contribution < -0.4 is 5.32 Å². The van der Waals surface area contributed by atoms with E-state index in [1.807, 2.05) is 24.3 Å². The van der Waals surface area contributed by atoms with Gasteiger partial charge in [0.25, 0.3) is 5.91 Å². The second-order valence-electron chi connectivity index (χ2n) is 5.74. The third-order valence-electron chi connectivity index (χ3n) is 2.99. The highest BCUT2D eigenvalue weighted by atomic mass is 16.1. The molecule has 0 radical (unpaired) electrons. The minimum Gasteiger partial charge on any atom is -0.320 e. The fourth-order valence-corrected chi connectivity index (χ4v) is 2.02. The number of carbonyl (C=O) groups is 1. The predicted octanol–water partition coefficient (Wildman–Crippen LogP) is 3.33. The summed E-state index contributed by atoms with van der Waals surface area (Å²) in [6, 6.07) is 9.44. The maximum atomic E-state index is 12.2. The highest BCUT2D eigenvalue weighted by Gasteiger charge is 2.19. The number of aromatic nitrogens is 2. The summed E-state index contributed by atoms with van der Waals surface area (Å²) < 4.78 is 0. The number of anilines is 1. The number of benzene rings is 1. The highest BCUT2D eigenvalue weighted by Crippen LogP contribution is 2.29. The largest absolute Gasteiger partial charge is 0.320 e. The monoisotopic (exact) mass is 269 g/mol. The second kappa shape index (κ2) is 5.41. The summed E-state index contributed by atoms with van der Waals surface area (Å²) in [5.74, 6) is 0.369. The third-order valence-corrected chi connectivity index (χ3v) is 2.99. The van der Waals surface area contributed by atoms with Crippen molar-refractivity contribution in [3.05, 3.63) is 53.6 Å². The molecular formula is C16H19N3O. The first kappa shape index (κ1) is 14.2. The summed E-state index contributed by atoms with van der Waals surface area (Å²) in [7, 11) is 0. The molecule has 0 saturated heterocycles. The zero-order chi connectivity index (χ0) is 14.8. The third kappa shape index (κ3) is 3.20. The van der Waals surface area contributed by atoms with Crippen molar-refractivity contribution in [1.29, 1.82) is 0 Å². The Morgan fingerprint density at radius 1 is 1.15 bits per heavy atom. The van der Waals surface area contributed by atoms with E-state index in [0.29, 0.717) is 11.5 Å². The number of nitrogens with one attached hydrogen (secondary N) is 1. The Hall–Kier alpha value is -2.23. The van der Waals surface area contributed by atoms with E-state index < -0.39 is 0 Å². The quantitative estimate of drug-likeness (QED) is 0.909. The minimum absolute atomic E-state index is 0.0362. The molecule has 2 aromatic rings. The van der Waals surface area contributed by atoms with Gasteiger partial charge in [-0.3, -0.25) is 4.79 Å². The van der Waals surface area contributed by atoms with Crippen molar-refractivity contribution in [3.8, 4) is 0 Å².